The zero-order valence-corrected chi connectivity index (χ0v) is 9.09. The van der Waals surface area contributed by atoms with Crippen LogP contribution in [0.4, 0.5) is 10.5 Å². The van der Waals surface area contributed by atoms with Crippen LogP contribution in [0.3, 0.4) is 0 Å². The lowest BCUT2D eigenvalue weighted by Gasteiger charge is -2.13. The van der Waals surface area contributed by atoms with Crippen LogP contribution in [0.1, 0.15) is 6.42 Å². The van der Waals surface area contributed by atoms with E-state index in [1.807, 2.05) is 0 Å². The van der Waals surface area contributed by atoms with E-state index in [9.17, 15) is 9.59 Å². The van der Waals surface area contributed by atoms with Gasteiger partial charge >= 0.3 is 12.0 Å². The average molecular weight is 238 g/mol. The maximum Gasteiger partial charge on any atom is 0.326 e. The van der Waals surface area contributed by atoms with Crippen LogP contribution < -0.4 is 10.6 Å². The Morgan fingerprint density at radius 2 is 1.88 bits per heavy atom. The minimum Gasteiger partial charge on any atom is -0.480 e. The second kappa shape index (κ2) is 6.49. The highest BCUT2D eigenvalue weighted by Crippen LogP contribution is 2.04. The monoisotopic (exact) mass is 238 g/mol. The molecule has 92 valence electrons. The number of aliphatic hydroxyl groups excluding tert-OH is 1. The second-order valence-electron chi connectivity index (χ2n) is 3.37. The molecular formula is C11H14N2O4. The number of anilines is 1. The Hall–Kier alpha value is -2.08. The molecule has 1 unspecified atom stereocenters. The van der Waals surface area contributed by atoms with E-state index in [0.29, 0.717) is 5.69 Å². The Labute approximate surface area is 98.3 Å². The number of carbonyl (C=O) groups excluding carboxylic acids is 1. The molecule has 0 heterocycles. The summed E-state index contributed by atoms with van der Waals surface area (Å²) < 4.78 is 0. The van der Waals surface area contributed by atoms with E-state index in [0.717, 1.165) is 0 Å². The zero-order valence-electron chi connectivity index (χ0n) is 9.09. The molecule has 6 heteroatoms. The summed E-state index contributed by atoms with van der Waals surface area (Å²) in [5, 5.41) is 22.2. The summed E-state index contributed by atoms with van der Waals surface area (Å²) >= 11 is 0. The van der Waals surface area contributed by atoms with Crippen LogP contribution in [0, 0.1) is 0 Å². The number of carbonyl (C=O) groups is 2. The topological polar surface area (TPSA) is 98.7 Å². The highest BCUT2D eigenvalue weighted by Gasteiger charge is 2.18. The molecule has 0 bridgehead atoms. The molecule has 0 spiro atoms. The molecule has 6 nitrogen and oxygen atoms in total. The van der Waals surface area contributed by atoms with Crippen molar-refractivity contribution in [2.45, 2.75) is 12.5 Å². The first kappa shape index (κ1) is 13.0. The molecule has 2 amide bonds. The number of amides is 2. The van der Waals surface area contributed by atoms with Crippen molar-refractivity contribution in [2.75, 3.05) is 11.9 Å². The molecule has 4 N–H and O–H groups in total. The largest absolute Gasteiger partial charge is 0.480 e. The van der Waals surface area contributed by atoms with E-state index in [4.69, 9.17) is 10.2 Å². The van der Waals surface area contributed by atoms with Gasteiger partial charge in [-0.25, -0.2) is 9.59 Å². The molecule has 1 aromatic rings. The van der Waals surface area contributed by atoms with E-state index in [1.54, 1.807) is 30.3 Å². The van der Waals surface area contributed by atoms with Crippen molar-refractivity contribution in [3.63, 3.8) is 0 Å². The predicted octanol–water partition coefficient (Wildman–Crippen LogP) is 0.644. The van der Waals surface area contributed by atoms with Crippen molar-refractivity contribution < 1.29 is 19.8 Å². The number of rotatable bonds is 5. The summed E-state index contributed by atoms with van der Waals surface area (Å²) in [4.78, 5) is 22.2. The SMILES string of the molecule is O=C(Nc1ccccc1)NC(CCO)C(=O)O. The van der Waals surface area contributed by atoms with Gasteiger partial charge in [-0.2, -0.15) is 0 Å². The Kier molecular flexibility index (Phi) is 4.96. The van der Waals surface area contributed by atoms with Crippen LogP contribution in [0.2, 0.25) is 0 Å². The molecule has 0 aromatic heterocycles. The number of urea groups is 1. The lowest BCUT2D eigenvalue weighted by molar-refractivity contribution is -0.139. The quantitative estimate of drug-likeness (QED) is 0.605. The number of aliphatic hydroxyl groups is 1. The summed E-state index contributed by atoms with van der Waals surface area (Å²) in [7, 11) is 0. The van der Waals surface area contributed by atoms with Gasteiger partial charge in [0.05, 0.1) is 0 Å². The number of aliphatic carboxylic acids is 1. The van der Waals surface area contributed by atoms with Crippen molar-refractivity contribution in [3.05, 3.63) is 30.3 Å². The standard InChI is InChI=1S/C11H14N2O4/c14-7-6-9(10(15)16)13-11(17)12-8-4-2-1-3-5-8/h1-5,9,14H,6-7H2,(H,15,16)(H2,12,13,17). The minimum atomic E-state index is -1.18. The first-order chi connectivity index (χ1) is 8.13. The fourth-order valence-corrected chi connectivity index (χ4v) is 1.23. The highest BCUT2D eigenvalue weighted by atomic mass is 16.4. The third-order valence-corrected chi connectivity index (χ3v) is 2.05. The van der Waals surface area contributed by atoms with Crippen molar-refractivity contribution in [1.29, 1.82) is 0 Å². The van der Waals surface area contributed by atoms with E-state index in [2.05, 4.69) is 10.6 Å². The molecule has 0 aliphatic heterocycles. The molecule has 0 radical (unpaired) electrons. The van der Waals surface area contributed by atoms with E-state index in [-0.39, 0.29) is 13.0 Å². The number of hydrogen-bond acceptors (Lipinski definition) is 3. The molecule has 17 heavy (non-hydrogen) atoms. The zero-order chi connectivity index (χ0) is 12.7. The molecule has 0 saturated heterocycles. The summed E-state index contributed by atoms with van der Waals surface area (Å²) in [6.45, 7) is -0.303. The Morgan fingerprint density at radius 1 is 1.24 bits per heavy atom. The number of carboxylic acids is 1. The van der Waals surface area contributed by atoms with Crippen molar-refractivity contribution in [1.82, 2.24) is 5.32 Å². The normalized spacial score (nSPS) is 11.6. The summed E-state index contributed by atoms with van der Waals surface area (Å²) in [5.41, 5.74) is 0.568. The van der Waals surface area contributed by atoms with E-state index < -0.39 is 18.0 Å². The third-order valence-electron chi connectivity index (χ3n) is 2.05. The van der Waals surface area contributed by atoms with Gasteiger partial charge in [0.25, 0.3) is 0 Å². The van der Waals surface area contributed by atoms with Gasteiger partial charge in [-0.15, -0.1) is 0 Å². The second-order valence-corrected chi connectivity index (χ2v) is 3.37. The summed E-state index contributed by atoms with van der Waals surface area (Å²) in [6.07, 6.45) is -0.0302. The number of para-hydroxylation sites is 1. The van der Waals surface area contributed by atoms with Gasteiger partial charge in [-0.1, -0.05) is 18.2 Å². The minimum absolute atomic E-state index is 0.0302. The van der Waals surface area contributed by atoms with Gasteiger partial charge < -0.3 is 20.8 Å². The fourth-order valence-electron chi connectivity index (χ4n) is 1.23. The van der Waals surface area contributed by atoms with E-state index >= 15 is 0 Å². The van der Waals surface area contributed by atoms with Crippen LogP contribution >= 0.6 is 0 Å². The smallest absolute Gasteiger partial charge is 0.326 e. The van der Waals surface area contributed by atoms with Crippen LogP contribution in [0.25, 0.3) is 0 Å². The molecule has 0 saturated carbocycles. The van der Waals surface area contributed by atoms with Crippen molar-refractivity contribution in [2.24, 2.45) is 0 Å². The van der Waals surface area contributed by atoms with Crippen molar-refractivity contribution in [3.8, 4) is 0 Å². The molecule has 1 aromatic carbocycles. The van der Waals surface area contributed by atoms with Crippen LogP contribution in [-0.2, 0) is 4.79 Å². The fraction of sp³-hybridized carbons (Fsp3) is 0.273. The van der Waals surface area contributed by atoms with Crippen LogP contribution in [0.15, 0.2) is 30.3 Å². The molecular weight excluding hydrogens is 224 g/mol. The van der Waals surface area contributed by atoms with Gasteiger partial charge in [0.1, 0.15) is 6.04 Å². The number of benzene rings is 1. The molecule has 0 aliphatic carbocycles. The van der Waals surface area contributed by atoms with E-state index in [1.165, 1.54) is 0 Å². The Bertz CT molecular complexity index is 380. The van der Waals surface area contributed by atoms with Crippen LogP contribution in [-0.4, -0.2) is 34.9 Å². The van der Waals surface area contributed by atoms with Crippen LogP contribution in [0.5, 0.6) is 0 Å². The first-order valence-corrected chi connectivity index (χ1v) is 5.09. The Morgan fingerprint density at radius 3 is 2.41 bits per heavy atom. The highest BCUT2D eigenvalue weighted by molar-refractivity contribution is 5.92. The number of nitrogens with one attached hydrogen (secondary N) is 2. The van der Waals surface area contributed by atoms with Gasteiger partial charge in [0.2, 0.25) is 0 Å². The molecule has 1 atom stereocenters. The van der Waals surface area contributed by atoms with Gasteiger partial charge in [0.15, 0.2) is 0 Å². The van der Waals surface area contributed by atoms with Gasteiger partial charge in [-0.05, 0) is 12.1 Å². The average Bonchev–Trinajstić information content (AvgIpc) is 2.29. The maximum atomic E-state index is 11.4. The predicted molar refractivity (Wildman–Crippen MR) is 61.7 cm³/mol. The summed E-state index contributed by atoms with van der Waals surface area (Å²) in [5.74, 6) is -1.18. The maximum absolute atomic E-state index is 11.4. The molecule has 0 aliphatic rings. The molecule has 1 rings (SSSR count). The lowest BCUT2D eigenvalue weighted by Crippen LogP contribution is -2.43. The first-order valence-electron chi connectivity index (χ1n) is 5.09. The number of carboxylic acid groups (broad SMARTS) is 1. The molecule has 0 fully saturated rings. The van der Waals surface area contributed by atoms with Gasteiger partial charge in [0, 0.05) is 18.7 Å². The Balaban J connectivity index is 2.51. The van der Waals surface area contributed by atoms with Gasteiger partial charge in [-0.3, -0.25) is 0 Å². The summed E-state index contributed by atoms with van der Waals surface area (Å²) in [6, 6.07) is 6.95. The number of hydrogen-bond donors (Lipinski definition) is 4. The van der Waals surface area contributed by atoms with Crippen molar-refractivity contribution >= 4 is 17.7 Å². The lowest BCUT2D eigenvalue weighted by atomic mass is 10.2. The third kappa shape index (κ3) is 4.52.